The molecule has 2 N–H and O–H groups in total. The molecule has 2 heterocycles. The third-order valence-electron chi connectivity index (χ3n) is 3.60. The van der Waals surface area contributed by atoms with Crippen LogP contribution in [0.1, 0.15) is 21.5 Å². The SMILES string of the molecule is O=C(O)C1CN(C(=O)c2ccc3c(c2)CNC3)C1. The van der Waals surface area contributed by atoms with Gasteiger partial charge in [0.1, 0.15) is 0 Å². The van der Waals surface area contributed by atoms with E-state index in [0.717, 1.165) is 18.7 Å². The van der Waals surface area contributed by atoms with Crippen LogP contribution in [0.15, 0.2) is 18.2 Å². The van der Waals surface area contributed by atoms with Crippen molar-refractivity contribution in [2.75, 3.05) is 13.1 Å². The molecule has 0 bridgehead atoms. The number of hydrogen-bond donors (Lipinski definition) is 2. The van der Waals surface area contributed by atoms with Crippen LogP contribution in [0.3, 0.4) is 0 Å². The number of nitrogens with zero attached hydrogens (tertiary/aromatic N) is 1. The van der Waals surface area contributed by atoms with E-state index >= 15 is 0 Å². The molecule has 18 heavy (non-hydrogen) atoms. The van der Waals surface area contributed by atoms with Gasteiger partial charge in [0.2, 0.25) is 0 Å². The predicted molar refractivity (Wildman–Crippen MR) is 64.0 cm³/mol. The van der Waals surface area contributed by atoms with Crippen LogP contribution < -0.4 is 5.32 Å². The summed E-state index contributed by atoms with van der Waals surface area (Å²) in [5.41, 5.74) is 3.05. The third-order valence-corrected chi connectivity index (χ3v) is 3.60. The zero-order chi connectivity index (χ0) is 12.7. The summed E-state index contributed by atoms with van der Waals surface area (Å²) in [4.78, 5) is 24.4. The minimum absolute atomic E-state index is 0.0674. The van der Waals surface area contributed by atoms with Crippen LogP contribution in [0.2, 0.25) is 0 Å². The number of carbonyl (C=O) groups excluding carboxylic acids is 1. The molecule has 1 saturated heterocycles. The zero-order valence-electron chi connectivity index (χ0n) is 9.85. The quantitative estimate of drug-likeness (QED) is 0.794. The zero-order valence-corrected chi connectivity index (χ0v) is 9.85. The molecular formula is C13H14N2O3. The highest BCUT2D eigenvalue weighted by Gasteiger charge is 2.36. The number of likely N-dealkylation sites (tertiary alicyclic amines) is 1. The van der Waals surface area contributed by atoms with Crippen LogP contribution in [0.25, 0.3) is 0 Å². The summed E-state index contributed by atoms with van der Waals surface area (Å²) in [5, 5.41) is 12.0. The number of rotatable bonds is 2. The summed E-state index contributed by atoms with van der Waals surface area (Å²) >= 11 is 0. The lowest BCUT2D eigenvalue weighted by Gasteiger charge is -2.36. The Morgan fingerprint density at radius 2 is 1.94 bits per heavy atom. The van der Waals surface area contributed by atoms with Crippen molar-refractivity contribution in [2.24, 2.45) is 5.92 Å². The molecule has 0 aliphatic carbocycles. The van der Waals surface area contributed by atoms with E-state index in [1.54, 1.807) is 4.90 Å². The van der Waals surface area contributed by atoms with Crippen LogP contribution in [0.5, 0.6) is 0 Å². The van der Waals surface area contributed by atoms with E-state index in [1.165, 1.54) is 5.56 Å². The minimum Gasteiger partial charge on any atom is -0.481 e. The van der Waals surface area contributed by atoms with Gasteiger partial charge in [0.15, 0.2) is 0 Å². The molecule has 1 amide bonds. The topological polar surface area (TPSA) is 69.6 Å². The molecular weight excluding hydrogens is 232 g/mol. The average Bonchev–Trinajstić information content (AvgIpc) is 2.72. The molecule has 1 aromatic rings. The van der Waals surface area contributed by atoms with E-state index in [0.29, 0.717) is 18.7 Å². The van der Waals surface area contributed by atoms with Crippen molar-refractivity contribution in [3.63, 3.8) is 0 Å². The summed E-state index contributed by atoms with van der Waals surface area (Å²) in [6.45, 7) is 2.30. The van der Waals surface area contributed by atoms with Gasteiger partial charge in [0, 0.05) is 31.7 Å². The van der Waals surface area contributed by atoms with Crippen molar-refractivity contribution in [1.29, 1.82) is 0 Å². The Hall–Kier alpha value is -1.88. The Bertz CT molecular complexity index is 521. The first-order valence-corrected chi connectivity index (χ1v) is 6.00. The second-order valence-corrected chi connectivity index (χ2v) is 4.83. The van der Waals surface area contributed by atoms with Crippen molar-refractivity contribution in [2.45, 2.75) is 13.1 Å². The number of nitrogens with one attached hydrogen (secondary N) is 1. The van der Waals surface area contributed by atoms with Gasteiger partial charge in [-0.05, 0) is 23.3 Å². The lowest BCUT2D eigenvalue weighted by atomic mass is 9.98. The van der Waals surface area contributed by atoms with Crippen molar-refractivity contribution in [3.05, 3.63) is 34.9 Å². The molecule has 0 atom stereocenters. The lowest BCUT2D eigenvalue weighted by Crippen LogP contribution is -2.53. The Kier molecular flexibility index (Phi) is 2.56. The van der Waals surface area contributed by atoms with Gasteiger partial charge in [-0.1, -0.05) is 6.07 Å². The maximum absolute atomic E-state index is 12.1. The summed E-state index contributed by atoms with van der Waals surface area (Å²) in [6, 6.07) is 5.70. The fraction of sp³-hybridized carbons (Fsp3) is 0.385. The largest absolute Gasteiger partial charge is 0.481 e. The van der Waals surface area contributed by atoms with Crippen molar-refractivity contribution in [3.8, 4) is 0 Å². The molecule has 1 aromatic carbocycles. The fourth-order valence-electron chi connectivity index (χ4n) is 2.41. The number of aliphatic carboxylic acids is 1. The number of fused-ring (bicyclic) bond motifs is 1. The number of amides is 1. The molecule has 0 aromatic heterocycles. The smallest absolute Gasteiger partial charge is 0.310 e. The number of carboxylic acid groups (broad SMARTS) is 1. The highest BCUT2D eigenvalue weighted by atomic mass is 16.4. The van der Waals surface area contributed by atoms with Gasteiger partial charge >= 0.3 is 5.97 Å². The van der Waals surface area contributed by atoms with Crippen molar-refractivity contribution in [1.82, 2.24) is 10.2 Å². The van der Waals surface area contributed by atoms with Crippen LogP contribution in [-0.4, -0.2) is 35.0 Å². The van der Waals surface area contributed by atoms with E-state index in [9.17, 15) is 9.59 Å². The van der Waals surface area contributed by atoms with Gasteiger partial charge in [-0.3, -0.25) is 9.59 Å². The van der Waals surface area contributed by atoms with Crippen LogP contribution in [-0.2, 0) is 17.9 Å². The first kappa shape index (κ1) is 11.2. The lowest BCUT2D eigenvalue weighted by molar-refractivity contribution is -0.146. The molecule has 3 rings (SSSR count). The van der Waals surface area contributed by atoms with Gasteiger partial charge < -0.3 is 15.3 Å². The van der Waals surface area contributed by atoms with E-state index in [1.807, 2.05) is 18.2 Å². The van der Waals surface area contributed by atoms with Crippen LogP contribution in [0, 0.1) is 5.92 Å². The first-order chi connectivity index (χ1) is 8.65. The molecule has 2 aliphatic rings. The first-order valence-electron chi connectivity index (χ1n) is 6.00. The molecule has 0 spiro atoms. The number of benzene rings is 1. The standard InChI is InChI=1S/C13H14N2O3/c16-12(15-6-11(7-15)13(17)18)8-1-2-9-4-14-5-10(9)3-8/h1-3,11,14H,4-7H2,(H,17,18). The molecule has 5 nitrogen and oxygen atoms in total. The predicted octanol–water partition coefficient (Wildman–Crippen LogP) is 0.446. The summed E-state index contributed by atoms with van der Waals surface area (Å²) in [5.74, 6) is -1.29. The Balaban J connectivity index is 1.72. The minimum atomic E-state index is -0.822. The maximum atomic E-state index is 12.1. The molecule has 5 heteroatoms. The van der Waals surface area contributed by atoms with E-state index in [4.69, 9.17) is 5.11 Å². The fourth-order valence-corrected chi connectivity index (χ4v) is 2.41. The highest BCUT2D eigenvalue weighted by molar-refractivity contribution is 5.96. The number of carboxylic acids is 1. The second kappa shape index (κ2) is 4.10. The van der Waals surface area contributed by atoms with Crippen LogP contribution >= 0.6 is 0 Å². The van der Waals surface area contributed by atoms with Crippen molar-refractivity contribution >= 4 is 11.9 Å². The van der Waals surface area contributed by atoms with Gasteiger partial charge in [-0.25, -0.2) is 0 Å². The molecule has 0 saturated carbocycles. The molecule has 2 aliphatic heterocycles. The Morgan fingerprint density at radius 3 is 2.67 bits per heavy atom. The maximum Gasteiger partial charge on any atom is 0.310 e. The Morgan fingerprint density at radius 1 is 1.22 bits per heavy atom. The molecule has 1 fully saturated rings. The molecule has 0 radical (unpaired) electrons. The van der Waals surface area contributed by atoms with E-state index < -0.39 is 11.9 Å². The summed E-state index contributed by atoms with van der Waals surface area (Å²) in [6.07, 6.45) is 0. The van der Waals surface area contributed by atoms with Gasteiger partial charge in [-0.15, -0.1) is 0 Å². The Labute approximate surface area is 104 Å². The van der Waals surface area contributed by atoms with Gasteiger partial charge in [0.25, 0.3) is 5.91 Å². The molecule has 0 unspecified atom stereocenters. The summed E-state index contributed by atoms with van der Waals surface area (Å²) < 4.78 is 0. The van der Waals surface area contributed by atoms with Gasteiger partial charge in [0.05, 0.1) is 5.92 Å². The molecule has 94 valence electrons. The van der Waals surface area contributed by atoms with E-state index in [-0.39, 0.29) is 5.91 Å². The average molecular weight is 246 g/mol. The summed E-state index contributed by atoms with van der Waals surface area (Å²) in [7, 11) is 0. The number of hydrogen-bond acceptors (Lipinski definition) is 3. The normalized spacial score (nSPS) is 18.3. The highest BCUT2D eigenvalue weighted by Crippen LogP contribution is 2.22. The van der Waals surface area contributed by atoms with Crippen LogP contribution in [0.4, 0.5) is 0 Å². The monoisotopic (exact) mass is 246 g/mol. The van der Waals surface area contributed by atoms with Crippen molar-refractivity contribution < 1.29 is 14.7 Å². The van der Waals surface area contributed by atoms with Gasteiger partial charge in [-0.2, -0.15) is 0 Å². The van der Waals surface area contributed by atoms with E-state index in [2.05, 4.69) is 5.32 Å². The number of carbonyl (C=O) groups is 2. The third kappa shape index (κ3) is 1.76. The second-order valence-electron chi connectivity index (χ2n) is 4.83.